The first kappa shape index (κ1) is 14.0. The van der Waals surface area contributed by atoms with Crippen molar-refractivity contribution in [3.8, 4) is 0 Å². The molecule has 0 amide bonds. The third-order valence-corrected chi connectivity index (χ3v) is 3.62. The third kappa shape index (κ3) is 5.22. The molecule has 0 aliphatic rings. The van der Waals surface area contributed by atoms with Crippen LogP contribution in [0.25, 0.3) is 0 Å². The van der Waals surface area contributed by atoms with Gasteiger partial charge in [-0.25, -0.2) is 8.42 Å². The Hall–Kier alpha value is -1.03. The second kappa shape index (κ2) is 5.08. The zero-order valence-corrected chi connectivity index (χ0v) is 11.8. The highest BCUT2D eigenvalue weighted by Crippen LogP contribution is 2.19. The number of nitrogens with one attached hydrogen (secondary N) is 1. The van der Waals surface area contributed by atoms with Crippen LogP contribution in [-0.2, 0) is 9.84 Å². The standard InChI is InChI=1S/C13H21NO2S/c1-13(2,3)9-10-14-11-5-7-12(8-6-11)17(4,15)16/h5-8,14H,9-10H2,1-4H3. The van der Waals surface area contributed by atoms with Gasteiger partial charge in [-0.05, 0) is 36.1 Å². The first-order chi connectivity index (χ1) is 7.68. The van der Waals surface area contributed by atoms with Gasteiger partial charge in [0.25, 0.3) is 0 Å². The van der Waals surface area contributed by atoms with Gasteiger partial charge in [-0.15, -0.1) is 0 Å². The van der Waals surface area contributed by atoms with E-state index in [0.29, 0.717) is 10.3 Å². The normalized spacial score (nSPS) is 12.5. The van der Waals surface area contributed by atoms with Crippen molar-refractivity contribution < 1.29 is 8.42 Å². The number of hydrogen-bond donors (Lipinski definition) is 1. The molecule has 0 saturated heterocycles. The monoisotopic (exact) mass is 255 g/mol. The van der Waals surface area contributed by atoms with Crippen molar-refractivity contribution >= 4 is 15.5 Å². The summed E-state index contributed by atoms with van der Waals surface area (Å²) in [4.78, 5) is 0.360. The highest BCUT2D eigenvalue weighted by molar-refractivity contribution is 7.90. The zero-order chi connectivity index (χ0) is 13.1. The van der Waals surface area contributed by atoms with Crippen LogP contribution in [0.5, 0.6) is 0 Å². The fourth-order valence-electron chi connectivity index (χ4n) is 1.40. The molecule has 0 unspecified atom stereocenters. The Balaban J connectivity index is 2.58. The van der Waals surface area contributed by atoms with Gasteiger partial charge in [0.2, 0.25) is 0 Å². The van der Waals surface area contributed by atoms with Crippen LogP contribution in [0.1, 0.15) is 27.2 Å². The molecule has 0 atom stereocenters. The summed E-state index contributed by atoms with van der Waals surface area (Å²) in [6.07, 6.45) is 2.29. The summed E-state index contributed by atoms with van der Waals surface area (Å²) in [5.41, 5.74) is 1.27. The van der Waals surface area contributed by atoms with E-state index >= 15 is 0 Å². The molecule has 0 fully saturated rings. The first-order valence-corrected chi connectivity index (χ1v) is 7.62. The van der Waals surface area contributed by atoms with Crippen molar-refractivity contribution in [2.75, 3.05) is 18.1 Å². The van der Waals surface area contributed by atoms with E-state index in [0.717, 1.165) is 18.7 Å². The van der Waals surface area contributed by atoms with Gasteiger partial charge >= 0.3 is 0 Å². The summed E-state index contributed by atoms with van der Waals surface area (Å²) < 4.78 is 22.5. The van der Waals surface area contributed by atoms with Gasteiger partial charge in [0.15, 0.2) is 9.84 Å². The Kier molecular flexibility index (Phi) is 4.20. The van der Waals surface area contributed by atoms with Crippen LogP contribution >= 0.6 is 0 Å². The van der Waals surface area contributed by atoms with E-state index in [-0.39, 0.29) is 0 Å². The van der Waals surface area contributed by atoms with E-state index in [9.17, 15) is 8.42 Å². The molecule has 0 aliphatic heterocycles. The second-order valence-corrected chi connectivity index (χ2v) is 7.55. The minimum Gasteiger partial charge on any atom is -0.385 e. The van der Waals surface area contributed by atoms with Crippen molar-refractivity contribution in [1.29, 1.82) is 0 Å². The lowest BCUT2D eigenvalue weighted by molar-refractivity contribution is 0.390. The molecule has 1 aromatic carbocycles. The van der Waals surface area contributed by atoms with Crippen LogP contribution < -0.4 is 5.32 Å². The first-order valence-electron chi connectivity index (χ1n) is 5.72. The van der Waals surface area contributed by atoms with Crippen LogP contribution in [0.3, 0.4) is 0 Å². The number of hydrogen-bond acceptors (Lipinski definition) is 3. The molecular weight excluding hydrogens is 234 g/mol. The summed E-state index contributed by atoms with van der Waals surface area (Å²) in [6.45, 7) is 7.48. The molecule has 17 heavy (non-hydrogen) atoms. The highest BCUT2D eigenvalue weighted by Gasteiger charge is 2.09. The molecule has 1 N–H and O–H groups in total. The summed E-state index contributed by atoms with van der Waals surface area (Å²) in [6, 6.07) is 6.88. The predicted molar refractivity (Wildman–Crippen MR) is 72.1 cm³/mol. The largest absolute Gasteiger partial charge is 0.385 e. The Labute approximate surface area is 104 Å². The average molecular weight is 255 g/mol. The van der Waals surface area contributed by atoms with Gasteiger partial charge in [0.1, 0.15) is 0 Å². The van der Waals surface area contributed by atoms with Crippen LogP contribution in [0.15, 0.2) is 29.2 Å². The van der Waals surface area contributed by atoms with E-state index < -0.39 is 9.84 Å². The number of benzene rings is 1. The van der Waals surface area contributed by atoms with E-state index in [1.165, 1.54) is 6.26 Å². The summed E-state index contributed by atoms with van der Waals surface area (Å²) >= 11 is 0. The number of sulfone groups is 1. The van der Waals surface area contributed by atoms with Crippen molar-refractivity contribution in [2.24, 2.45) is 5.41 Å². The Morgan fingerprint density at radius 1 is 1.12 bits per heavy atom. The molecule has 0 radical (unpaired) electrons. The predicted octanol–water partition coefficient (Wildman–Crippen LogP) is 2.94. The quantitative estimate of drug-likeness (QED) is 0.899. The third-order valence-electron chi connectivity index (χ3n) is 2.49. The van der Waals surface area contributed by atoms with Crippen LogP contribution in [0.4, 0.5) is 5.69 Å². The van der Waals surface area contributed by atoms with Crippen LogP contribution in [-0.4, -0.2) is 21.2 Å². The van der Waals surface area contributed by atoms with Crippen molar-refractivity contribution in [3.63, 3.8) is 0 Å². The molecule has 0 aromatic heterocycles. The fourth-order valence-corrected chi connectivity index (χ4v) is 2.03. The van der Waals surface area contributed by atoms with Gasteiger partial charge < -0.3 is 5.32 Å². The maximum Gasteiger partial charge on any atom is 0.175 e. The smallest absolute Gasteiger partial charge is 0.175 e. The molecule has 0 bridgehead atoms. The van der Waals surface area contributed by atoms with Crippen molar-refractivity contribution in [1.82, 2.24) is 0 Å². The molecule has 0 aliphatic carbocycles. The van der Waals surface area contributed by atoms with Gasteiger partial charge in [0, 0.05) is 18.5 Å². The second-order valence-electron chi connectivity index (χ2n) is 5.53. The van der Waals surface area contributed by atoms with Crippen molar-refractivity contribution in [2.45, 2.75) is 32.1 Å². The molecule has 0 spiro atoms. The summed E-state index contributed by atoms with van der Waals surface area (Å²) in [5.74, 6) is 0. The zero-order valence-electron chi connectivity index (χ0n) is 10.9. The van der Waals surface area contributed by atoms with E-state index in [4.69, 9.17) is 0 Å². The topological polar surface area (TPSA) is 46.2 Å². The minimum atomic E-state index is -3.09. The molecule has 0 saturated carbocycles. The van der Waals surface area contributed by atoms with Gasteiger partial charge in [-0.1, -0.05) is 20.8 Å². The number of rotatable bonds is 4. The Morgan fingerprint density at radius 2 is 1.65 bits per heavy atom. The van der Waals surface area contributed by atoms with Crippen LogP contribution in [0, 0.1) is 5.41 Å². The maximum atomic E-state index is 11.3. The molecule has 0 heterocycles. The lowest BCUT2D eigenvalue weighted by Gasteiger charge is -2.18. The molecule has 96 valence electrons. The highest BCUT2D eigenvalue weighted by atomic mass is 32.2. The van der Waals surface area contributed by atoms with E-state index in [1.807, 2.05) is 0 Å². The Bertz CT molecular complexity index is 455. The van der Waals surface area contributed by atoms with Crippen LogP contribution in [0.2, 0.25) is 0 Å². The average Bonchev–Trinajstić information content (AvgIpc) is 2.15. The lowest BCUT2D eigenvalue weighted by atomic mass is 9.92. The van der Waals surface area contributed by atoms with Gasteiger partial charge in [0.05, 0.1) is 4.90 Å². The summed E-state index contributed by atoms with van der Waals surface area (Å²) in [7, 11) is -3.09. The fraction of sp³-hybridized carbons (Fsp3) is 0.538. The summed E-state index contributed by atoms with van der Waals surface area (Å²) in [5, 5.41) is 3.29. The number of anilines is 1. The van der Waals surface area contributed by atoms with E-state index in [1.54, 1.807) is 24.3 Å². The molecule has 3 nitrogen and oxygen atoms in total. The maximum absolute atomic E-state index is 11.3. The molecule has 4 heteroatoms. The molecule has 1 aromatic rings. The van der Waals surface area contributed by atoms with Gasteiger partial charge in [-0.2, -0.15) is 0 Å². The molecule has 1 rings (SSSR count). The molecular formula is C13H21NO2S. The lowest BCUT2D eigenvalue weighted by Crippen LogP contribution is -2.12. The van der Waals surface area contributed by atoms with E-state index in [2.05, 4.69) is 26.1 Å². The van der Waals surface area contributed by atoms with Gasteiger partial charge in [-0.3, -0.25) is 0 Å². The van der Waals surface area contributed by atoms with Crippen molar-refractivity contribution in [3.05, 3.63) is 24.3 Å². The minimum absolute atomic E-state index is 0.305. The SMILES string of the molecule is CC(C)(C)CCNc1ccc(S(C)(=O)=O)cc1. The Morgan fingerprint density at radius 3 is 2.06 bits per heavy atom.